The molecule has 2 amide bonds. The quantitative estimate of drug-likeness (QED) is 0.883. The third kappa shape index (κ3) is 5.22. The lowest BCUT2D eigenvalue weighted by Gasteiger charge is -2.22. The minimum Gasteiger partial charge on any atom is -0.362 e. The maximum atomic E-state index is 12.7. The maximum Gasteiger partial charge on any atom is 0.227 e. The van der Waals surface area contributed by atoms with Crippen LogP contribution in [0.5, 0.6) is 0 Å². The number of hydrogen-bond acceptors (Lipinski definition) is 2. The van der Waals surface area contributed by atoms with Gasteiger partial charge in [0, 0.05) is 44.0 Å². The van der Waals surface area contributed by atoms with Gasteiger partial charge < -0.3 is 14.8 Å². The first kappa shape index (κ1) is 19.2. The van der Waals surface area contributed by atoms with Gasteiger partial charge in [0.1, 0.15) is 0 Å². The second-order valence-electron chi connectivity index (χ2n) is 7.38. The van der Waals surface area contributed by atoms with Crippen molar-refractivity contribution in [3.63, 3.8) is 0 Å². The summed E-state index contributed by atoms with van der Waals surface area (Å²) in [7, 11) is 0. The number of carbonyl (C=O) groups excluding carboxylic acids is 2. The Hall–Kier alpha value is -2.56. The molecule has 3 rings (SSSR count). The van der Waals surface area contributed by atoms with E-state index in [1.54, 1.807) is 0 Å². The lowest BCUT2D eigenvalue weighted by molar-refractivity contribution is -0.133. The number of H-pyrrole nitrogens is 1. The van der Waals surface area contributed by atoms with Gasteiger partial charge in [0.15, 0.2) is 0 Å². The van der Waals surface area contributed by atoms with Crippen LogP contribution in [0.1, 0.15) is 35.4 Å². The number of amides is 2. The third-order valence-corrected chi connectivity index (χ3v) is 5.27. The van der Waals surface area contributed by atoms with Crippen molar-refractivity contribution in [1.82, 2.24) is 14.8 Å². The Morgan fingerprint density at radius 3 is 2.26 bits per heavy atom. The highest BCUT2D eigenvalue weighted by atomic mass is 16.2. The first-order chi connectivity index (χ1) is 13.0. The van der Waals surface area contributed by atoms with Crippen LogP contribution in [-0.4, -0.2) is 52.8 Å². The Morgan fingerprint density at radius 1 is 0.963 bits per heavy atom. The van der Waals surface area contributed by atoms with Crippen LogP contribution in [0.25, 0.3) is 0 Å². The molecule has 1 N–H and O–H groups in total. The van der Waals surface area contributed by atoms with Gasteiger partial charge in [-0.1, -0.05) is 30.3 Å². The summed E-state index contributed by atoms with van der Waals surface area (Å²) in [5.74, 6) is 0.334. The molecular weight excluding hydrogens is 338 g/mol. The van der Waals surface area contributed by atoms with Crippen molar-refractivity contribution < 1.29 is 9.59 Å². The van der Waals surface area contributed by atoms with E-state index in [9.17, 15) is 9.59 Å². The molecule has 1 saturated heterocycles. The lowest BCUT2D eigenvalue weighted by atomic mass is 10.1. The van der Waals surface area contributed by atoms with Crippen molar-refractivity contribution in [2.75, 3.05) is 26.2 Å². The fourth-order valence-corrected chi connectivity index (χ4v) is 3.71. The van der Waals surface area contributed by atoms with Crippen LogP contribution in [0.4, 0.5) is 0 Å². The van der Waals surface area contributed by atoms with Crippen molar-refractivity contribution >= 4 is 11.8 Å². The van der Waals surface area contributed by atoms with Gasteiger partial charge >= 0.3 is 0 Å². The van der Waals surface area contributed by atoms with Gasteiger partial charge in [0.25, 0.3) is 0 Å². The van der Waals surface area contributed by atoms with Gasteiger partial charge in [-0.2, -0.15) is 0 Å². The number of aromatic nitrogens is 1. The van der Waals surface area contributed by atoms with Crippen molar-refractivity contribution in [2.24, 2.45) is 0 Å². The van der Waals surface area contributed by atoms with E-state index in [1.165, 1.54) is 5.56 Å². The minimum absolute atomic E-state index is 0.149. The van der Waals surface area contributed by atoms with Crippen LogP contribution in [-0.2, 0) is 22.4 Å². The molecule has 0 bridgehead atoms. The van der Waals surface area contributed by atoms with E-state index in [-0.39, 0.29) is 11.8 Å². The molecule has 5 nitrogen and oxygen atoms in total. The molecule has 0 atom stereocenters. The molecule has 0 aliphatic carbocycles. The number of rotatable bonds is 5. The van der Waals surface area contributed by atoms with Crippen molar-refractivity contribution in [3.05, 3.63) is 58.9 Å². The Bertz CT molecular complexity index is 782. The maximum absolute atomic E-state index is 12.7. The number of benzene rings is 1. The molecule has 27 heavy (non-hydrogen) atoms. The average molecular weight is 367 g/mol. The van der Waals surface area contributed by atoms with E-state index in [0.717, 1.165) is 42.9 Å². The van der Waals surface area contributed by atoms with E-state index >= 15 is 0 Å². The van der Waals surface area contributed by atoms with Gasteiger partial charge in [-0.3, -0.25) is 9.59 Å². The van der Waals surface area contributed by atoms with Crippen molar-refractivity contribution in [1.29, 1.82) is 0 Å². The summed E-state index contributed by atoms with van der Waals surface area (Å²) >= 11 is 0. The first-order valence-corrected chi connectivity index (χ1v) is 9.77. The summed E-state index contributed by atoms with van der Waals surface area (Å²) in [4.78, 5) is 32.3. The molecule has 2 heterocycles. The molecule has 1 aliphatic rings. The summed E-state index contributed by atoms with van der Waals surface area (Å²) in [6.45, 7) is 6.73. The molecule has 144 valence electrons. The minimum atomic E-state index is 0.149. The largest absolute Gasteiger partial charge is 0.362 e. The van der Waals surface area contributed by atoms with Gasteiger partial charge in [-0.25, -0.2) is 0 Å². The van der Waals surface area contributed by atoms with Crippen molar-refractivity contribution in [3.8, 4) is 0 Å². The van der Waals surface area contributed by atoms with Crippen LogP contribution in [0.2, 0.25) is 0 Å². The summed E-state index contributed by atoms with van der Waals surface area (Å²) in [6.07, 6.45) is 2.57. The highest BCUT2D eigenvalue weighted by molar-refractivity contribution is 5.80. The standard InChI is InChI=1S/C22H29N3O2/c1-17-15-20(18(2)23-17)16-22(27)25-12-6-11-24(13-14-25)21(26)10-9-19-7-4-3-5-8-19/h3-5,7-8,15,23H,6,9-14,16H2,1-2H3. The predicted octanol–water partition coefficient (Wildman–Crippen LogP) is 2.87. The van der Waals surface area contributed by atoms with Crippen LogP contribution in [0.3, 0.4) is 0 Å². The number of aryl methyl sites for hydroxylation is 3. The molecule has 1 fully saturated rings. The van der Waals surface area contributed by atoms with Crippen LogP contribution in [0, 0.1) is 13.8 Å². The predicted molar refractivity (Wildman–Crippen MR) is 107 cm³/mol. The second-order valence-corrected chi connectivity index (χ2v) is 7.38. The van der Waals surface area contributed by atoms with E-state index in [4.69, 9.17) is 0 Å². The zero-order valence-electron chi connectivity index (χ0n) is 16.3. The molecule has 5 heteroatoms. The van der Waals surface area contributed by atoms with Crippen LogP contribution < -0.4 is 0 Å². The fraction of sp³-hybridized carbons (Fsp3) is 0.455. The summed E-state index contributed by atoms with van der Waals surface area (Å²) in [5.41, 5.74) is 4.40. The van der Waals surface area contributed by atoms with E-state index in [0.29, 0.717) is 25.9 Å². The van der Waals surface area contributed by atoms with E-state index in [1.807, 2.05) is 47.9 Å². The average Bonchev–Trinajstić information content (AvgIpc) is 2.86. The zero-order chi connectivity index (χ0) is 19.2. The molecular formula is C22H29N3O2. The van der Waals surface area contributed by atoms with Gasteiger partial charge in [-0.05, 0) is 43.9 Å². The Balaban J connectivity index is 1.50. The van der Waals surface area contributed by atoms with Crippen LogP contribution in [0.15, 0.2) is 36.4 Å². The van der Waals surface area contributed by atoms with E-state index in [2.05, 4.69) is 17.1 Å². The molecule has 2 aromatic rings. The van der Waals surface area contributed by atoms with E-state index < -0.39 is 0 Å². The smallest absolute Gasteiger partial charge is 0.227 e. The monoisotopic (exact) mass is 367 g/mol. The summed E-state index contributed by atoms with van der Waals surface area (Å²) < 4.78 is 0. The Kier molecular flexibility index (Phi) is 6.32. The normalized spacial score (nSPS) is 14.9. The van der Waals surface area contributed by atoms with Gasteiger partial charge in [-0.15, -0.1) is 0 Å². The molecule has 1 aliphatic heterocycles. The molecule has 1 aromatic carbocycles. The van der Waals surface area contributed by atoms with Crippen LogP contribution >= 0.6 is 0 Å². The number of nitrogens with one attached hydrogen (secondary N) is 1. The number of hydrogen-bond donors (Lipinski definition) is 1. The molecule has 0 radical (unpaired) electrons. The highest BCUT2D eigenvalue weighted by Gasteiger charge is 2.22. The topological polar surface area (TPSA) is 56.4 Å². The summed E-state index contributed by atoms with van der Waals surface area (Å²) in [6, 6.07) is 12.2. The number of nitrogens with zero attached hydrogens (tertiary/aromatic N) is 2. The third-order valence-electron chi connectivity index (χ3n) is 5.27. The van der Waals surface area contributed by atoms with Gasteiger partial charge in [0.2, 0.25) is 11.8 Å². The van der Waals surface area contributed by atoms with Gasteiger partial charge in [0.05, 0.1) is 6.42 Å². The second kappa shape index (κ2) is 8.89. The number of aromatic amines is 1. The van der Waals surface area contributed by atoms with Crippen molar-refractivity contribution in [2.45, 2.75) is 39.5 Å². The fourth-order valence-electron chi connectivity index (χ4n) is 3.71. The molecule has 0 spiro atoms. The lowest BCUT2D eigenvalue weighted by Crippen LogP contribution is -2.38. The molecule has 0 saturated carbocycles. The SMILES string of the molecule is Cc1cc(CC(=O)N2CCCN(C(=O)CCc3ccccc3)CC2)c(C)[nH]1. The zero-order valence-corrected chi connectivity index (χ0v) is 16.3. The Labute approximate surface area is 161 Å². The first-order valence-electron chi connectivity index (χ1n) is 9.77. The Morgan fingerprint density at radius 2 is 1.63 bits per heavy atom. The highest BCUT2D eigenvalue weighted by Crippen LogP contribution is 2.13. The summed E-state index contributed by atoms with van der Waals surface area (Å²) in [5, 5.41) is 0. The molecule has 1 aromatic heterocycles. The number of carbonyl (C=O) groups is 2. The molecule has 0 unspecified atom stereocenters.